The van der Waals surface area contributed by atoms with Gasteiger partial charge < -0.3 is 9.84 Å². The Morgan fingerprint density at radius 3 is 2.72 bits per heavy atom. The van der Waals surface area contributed by atoms with E-state index in [0.717, 1.165) is 11.1 Å². The third kappa shape index (κ3) is 3.94. The molecule has 4 bridgehead atoms. The second-order valence-corrected chi connectivity index (χ2v) is 8.74. The Morgan fingerprint density at radius 1 is 1.10 bits per heavy atom. The maximum Gasteiger partial charge on any atom is 0.265 e. The number of hydrogen-bond acceptors (Lipinski definition) is 4. The van der Waals surface area contributed by atoms with E-state index in [1.165, 1.54) is 24.3 Å². The highest BCUT2D eigenvalue weighted by atomic mass is 35.5. The van der Waals surface area contributed by atoms with Crippen molar-refractivity contribution in [1.82, 2.24) is 0 Å². The Hall–Kier alpha value is -2.61. The van der Waals surface area contributed by atoms with Gasteiger partial charge in [-0.2, -0.15) is 0 Å². The number of nitrogens with one attached hydrogen (secondary N) is 1. The zero-order valence-electron chi connectivity index (χ0n) is 15.2. The van der Waals surface area contributed by atoms with E-state index in [0.29, 0.717) is 24.2 Å². The van der Waals surface area contributed by atoms with Crippen molar-refractivity contribution in [3.63, 3.8) is 0 Å². The van der Waals surface area contributed by atoms with Crippen LogP contribution in [-0.2, 0) is 27.8 Å². The molecule has 0 fully saturated rings. The van der Waals surface area contributed by atoms with E-state index in [1.54, 1.807) is 6.07 Å². The Morgan fingerprint density at radius 2 is 1.90 bits per heavy atom. The molecule has 1 heterocycles. The van der Waals surface area contributed by atoms with Crippen LogP contribution in [0.25, 0.3) is 11.1 Å². The van der Waals surface area contributed by atoms with Gasteiger partial charge in [0, 0.05) is 0 Å². The molecule has 8 heteroatoms. The Kier molecular flexibility index (Phi) is 5.21. The van der Waals surface area contributed by atoms with Gasteiger partial charge in [0.1, 0.15) is 10.7 Å². The molecule has 5 nitrogen and oxygen atoms in total. The summed E-state index contributed by atoms with van der Waals surface area (Å²) in [4.78, 5) is -0.439. The average molecular weight is 434 g/mol. The lowest BCUT2D eigenvalue weighted by Crippen LogP contribution is -2.15. The predicted octanol–water partition coefficient (Wildman–Crippen LogP) is 4.73. The Labute approximate surface area is 172 Å². The number of phenolic OH excluding ortho intramolecular Hbond substituents is 1. The molecule has 150 valence electrons. The first-order chi connectivity index (χ1) is 13.8. The van der Waals surface area contributed by atoms with Gasteiger partial charge in [0.05, 0.1) is 23.9 Å². The molecule has 3 aromatic rings. The number of rotatable bonds is 0. The highest BCUT2D eigenvalue weighted by molar-refractivity contribution is 7.92. The van der Waals surface area contributed by atoms with Crippen LogP contribution in [0.3, 0.4) is 0 Å². The number of phenols is 1. The van der Waals surface area contributed by atoms with Crippen LogP contribution in [0.15, 0.2) is 59.5 Å². The highest BCUT2D eigenvalue weighted by Crippen LogP contribution is 2.35. The van der Waals surface area contributed by atoms with Crippen LogP contribution in [0.1, 0.15) is 11.1 Å². The van der Waals surface area contributed by atoms with Crippen molar-refractivity contribution in [2.24, 2.45) is 0 Å². The van der Waals surface area contributed by atoms with Crippen LogP contribution in [-0.4, -0.2) is 20.1 Å². The van der Waals surface area contributed by atoms with Crippen LogP contribution in [0.2, 0.25) is 5.02 Å². The van der Waals surface area contributed by atoms with Gasteiger partial charge in [-0.05, 0) is 52.9 Å². The van der Waals surface area contributed by atoms with Gasteiger partial charge >= 0.3 is 0 Å². The number of hydrogen-bond donors (Lipinski definition) is 2. The number of fused-ring (bicyclic) bond motifs is 6. The molecule has 1 aliphatic heterocycles. The molecule has 0 unspecified atom stereocenters. The highest BCUT2D eigenvalue weighted by Gasteiger charge is 2.24. The molecule has 0 spiro atoms. The average Bonchev–Trinajstić information content (AvgIpc) is 2.69. The number of benzene rings is 3. The molecule has 29 heavy (non-hydrogen) atoms. The standard InChI is InChI=1S/C21H17ClFNO4S/c22-17-9-13-10-20(21(17)25)29(26,27)24-19-11-15(5-6-18(19)23)16-4-2-1-3-14(16)7-8-28-12-13/h1-6,9-11,24-25H,7-8,12H2. The third-order valence-corrected chi connectivity index (χ3v) is 6.37. The lowest BCUT2D eigenvalue weighted by molar-refractivity contribution is 0.123. The first kappa shape index (κ1) is 19.7. The number of sulfonamides is 1. The molecule has 0 aromatic heterocycles. The molecule has 3 aromatic carbocycles. The molecule has 1 aliphatic rings. The van der Waals surface area contributed by atoms with Crippen LogP contribution in [0.4, 0.5) is 10.1 Å². The van der Waals surface area contributed by atoms with Crippen molar-refractivity contribution in [2.45, 2.75) is 17.9 Å². The fourth-order valence-corrected chi connectivity index (χ4v) is 4.80. The van der Waals surface area contributed by atoms with Crippen LogP contribution < -0.4 is 4.72 Å². The summed E-state index contributed by atoms with van der Waals surface area (Å²) in [5, 5.41) is 10.1. The van der Waals surface area contributed by atoms with Gasteiger partial charge in [-0.25, -0.2) is 12.8 Å². The smallest absolute Gasteiger partial charge is 0.265 e. The molecule has 0 saturated heterocycles. The summed E-state index contributed by atoms with van der Waals surface area (Å²) in [6.07, 6.45) is 0.618. The number of ether oxygens (including phenoxy) is 1. The summed E-state index contributed by atoms with van der Waals surface area (Å²) >= 11 is 6.00. The second kappa shape index (κ2) is 7.67. The molecule has 0 atom stereocenters. The summed E-state index contributed by atoms with van der Waals surface area (Å²) in [5.41, 5.74) is 2.78. The maximum absolute atomic E-state index is 14.4. The van der Waals surface area contributed by atoms with Gasteiger partial charge in [-0.1, -0.05) is 41.9 Å². The molecule has 4 rings (SSSR count). The van der Waals surface area contributed by atoms with E-state index < -0.39 is 26.5 Å². The van der Waals surface area contributed by atoms with Crippen molar-refractivity contribution >= 4 is 27.3 Å². The maximum atomic E-state index is 14.4. The molecule has 0 amide bonds. The molecule has 2 N–H and O–H groups in total. The molecule has 0 aliphatic carbocycles. The number of aromatic hydroxyl groups is 1. The number of halogens is 2. The fraction of sp³-hybridized carbons (Fsp3) is 0.143. The summed E-state index contributed by atoms with van der Waals surface area (Å²) in [6.45, 7) is 0.508. The molecule has 0 radical (unpaired) electrons. The number of anilines is 1. The minimum atomic E-state index is -4.30. The minimum absolute atomic E-state index is 0.115. The zero-order chi connectivity index (χ0) is 20.6. The first-order valence-electron chi connectivity index (χ1n) is 8.85. The van der Waals surface area contributed by atoms with Crippen LogP contribution in [0, 0.1) is 5.82 Å². The lowest BCUT2D eigenvalue weighted by Gasteiger charge is -2.16. The Balaban J connectivity index is 1.90. The minimum Gasteiger partial charge on any atom is -0.505 e. The summed E-state index contributed by atoms with van der Waals surface area (Å²) in [6, 6.07) is 14.5. The van der Waals surface area contributed by atoms with Crippen molar-refractivity contribution in [3.05, 3.63) is 76.6 Å². The lowest BCUT2D eigenvalue weighted by atomic mass is 9.97. The fourth-order valence-electron chi connectivity index (χ4n) is 3.28. The quantitative estimate of drug-likeness (QED) is 0.537. The topological polar surface area (TPSA) is 75.6 Å². The summed E-state index contributed by atoms with van der Waals surface area (Å²) < 4.78 is 48.1. The first-order valence-corrected chi connectivity index (χ1v) is 10.7. The largest absolute Gasteiger partial charge is 0.505 e. The molecular weight excluding hydrogens is 417 g/mol. The monoisotopic (exact) mass is 433 g/mol. The van der Waals surface area contributed by atoms with Gasteiger partial charge in [-0.3, -0.25) is 4.72 Å². The third-order valence-electron chi connectivity index (χ3n) is 4.70. The van der Waals surface area contributed by atoms with E-state index in [4.69, 9.17) is 16.3 Å². The van der Waals surface area contributed by atoms with E-state index in [-0.39, 0.29) is 17.3 Å². The van der Waals surface area contributed by atoms with E-state index in [9.17, 15) is 17.9 Å². The van der Waals surface area contributed by atoms with E-state index in [1.807, 2.05) is 24.3 Å². The summed E-state index contributed by atoms with van der Waals surface area (Å²) in [7, 11) is -4.30. The van der Waals surface area contributed by atoms with Crippen molar-refractivity contribution in [1.29, 1.82) is 0 Å². The Bertz CT molecular complexity index is 1200. The van der Waals surface area contributed by atoms with Gasteiger partial charge in [0.25, 0.3) is 10.0 Å². The predicted molar refractivity (Wildman–Crippen MR) is 109 cm³/mol. The van der Waals surface area contributed by atoms with Crippen molar-refractivity contribution in [3.8, 4) is 16.9 Å². The van der Waals surface area contributed by atoms with E-state index in [2.05, 4.69) is 4.72 Å². The van der Waals surface area contributed by atoms with Gasteiger partial charge in [-0.15, -0.1) is 0 Å². The molecular formula is C21H17ClFNO4S. The van der Waals surface area contributed by atoms with Crippen LogP contribution in [0.5, 0.6) is 5.75 Å². The van der Waals surface area contributed by atoms with Crippen molar-refractivity contribution < 1.29 is 22.7 Å². The van der Waals surface area contributed by atoms with Crippen LogP contribution >= 0.6 is 11.6 Å². The van der Waals surface area contributed by atoms with Crippen molar-refractivity contribution in [2.75, 3.05) is 11.3 Å². The van der Waals surface area contributed by atoms with E-state index >= 15 is 0 Å². The molecule has 0 saturated carbocycles. The normalized spacial score (nSPS) is 15.7. The SMILES string of the molecule is O=S1(=O)Nc2cc(ccc2F)-c2ccccc2CCOCc2cc(Cl)c(O)c1c2. The zero-order valence-corrected chi connectivity index (χ0v) is 16.7. The van der Waals surface area contributed by atoms with Gasteiger partial charge in [0.15, 0.2) is 5.75 Å². The van der Waals surface area contributed by atoms with Gasteiger partial charge in [0.2, 0.25) is 0 Å². The summed E-state index contributed by atoms with van der Waals surface area (Å²) in [5.74, 6) is -1.33. The second-order valence-electron chi connectivity index (χ2n) is 6.68.